The zero-order valence-corrected chi connectivity index (χ0v) is 12.5. The lowest BCUT2D eigenvalue weighted by Crippen LogP contribution is -2.18. The summed E-state index contributed by atoms with van der Waals surface area (Å²) in [4.78, 5) is 11.5. The molecule has 0 aromatic heterocycles. The molecular formula is C16H21ClO3. The largest absolute Gasteiger partial charge is 0.508 e. The number of esters is 1. The number of phenolic OH excluding ortho intramolecular Hbond substituents is 1. The molecule has 0 bridgehead atoms. The third-order valence-corrected chi connectivity index (χ3v) is 4.36. The normalized spacial score (nSPS) is 22.5. The van der Waals surface area contributed by atoms with Gasteiger partial charge in [-0.2, -0.15) is 0 Å². The molecule has 0 atom stereocenters. The summed E-state index contributed by atoms with van der Waals surface area (Å²) in [6.45, 7) is 2.29. The molecule has 0 unspecified atom stereocenters. The van der Waals surface area contributed by atoms with E-state index >= 15 is 0 Å². The minimum Gasteiger partial charge on any atom is -0.508 e. The molecule has 110 valence electrons. The molecule has 20 heavy (non-hydrogen) atoms. The van der Waals surface area contributed by atoms with Crippen LogP contribution in [0.2, 0.25) is 5.02 Å². The summed E-state index contributed by atoms with van der Waals surface area (Å²) >= 11 is 6.19. The van der Waals surface area contributed by atoms with Crippen LogP contribution in [0.5, 0.6) is 5.75 Å². The number of benzene rings is 1. The number of halogens is 1. The summed E-state index contributed by atoms with van der Waals surface area (Å²) in [5, 5.41) is 10.0. The molecule has 1 N–H and O–H groups in total. The number of aromatic hydroxyl groups is 1. The lowest BCUT2D eigenvalue weighted by molar-refractivity contribution is -0.144. The highest BCUT2D eigenvalue weighted by Gasteiger charge is 2.25. The third kappa shape index (κ3) is 3.89. The topological polar surface area (TPSA) is 46.5 Å². The molecule has 1 aliphatic rings. The van der Waals surface area contributed by atoms with Crippen molar-refractivity contribution in [2.75, 3.05) is 6.61 Å². The smallest absolute Gasteiger partial charge is 0.306 e. The Morgan fingerprint density at radius 2 is 2.05 bits per heavy atom. The highest BCUT2D eigenvalue weighted by atomic mass is 35.5. The van der Waals surface area contributed by atoms with E-state index in [0.717, 1.165) is 31.2 Å². The maximum Gasteiger partial charge on any atom is 0.306 e. The first-order valence-corrected chi connectivity index (χ1v) is 7.62. The highest BCUT2D eigenvalue weighted by molar-refractivity contribution is 6.31. The lowest BCUT2D eigenvalue weighted by atomic mass is 9.77. The second-order valence-electron chi connectivity index (χ2n) is 5.43. The fraction of sp³-hybridized carbons (Fsp3) is 0.562. The summed E-state index contributed by atoms with van der Waals surface area (Å²) in [6, 6.07) is 5.20. The standard InChI is InChI=1S/C16H21ClO3/c1-2-20-16(19)9-11-3-5-12(6-4-11)14-8-7-13(18)10-15(14)17/h7-8,10-12,18H,2-6,9H2,1H3. The van der Waals surface area contributed by atoms with Crippen LogP contribution in [0, 0.1) is 5.92 Å². The molecule has 1 aliphatic carbocycles. The molecule has 1 saturated carbocycles. The molecule has 0 aliphatic heterocycles. The average molecular weight is 297 g/mol. The molecule has 4 heteroatoms. The van der Waals surface area contributed by atoms with Crippen molar-refractivity contribution in [3.05, 3.63) is 28.8 Å². The van der Waals surface area contributed by atoms with Gasteiger partial charge in [-0.25, -0.2) is 0 Å². The number of carbonyl (C=O) groups excluding carboxylic acids is 1. The summed E-state index contributed by atoms with van der Waals surface area (Å²) in [5.41, 5.74) is 1.11. The molecule has 1 fully saturated rings. The molecule has 0 amide bonds. The van der Waals surface area contributed by atoms with Crippen LogP contribution < -0.4 is 0 Å². The quantitative estimate of drug-likeness (QED) is 0.844. The van der Waals surface area contributed by atoms with Gasteiger partial charge in [0.2, 0.25) is 0 Å². The van der Waals surface area contributed by atoms with E-state index in [4.69, 9.17) is 16.3 Å². The second-order valence-corrected chi connectivity index (χ2v) is 5.84. The number of rotatable bonds is 4. The monoisotopic (exact) mass is 296 g/mol. The minimum atomic E-state index is -0.0846. The van der Waals surface area contributed by atoms with Crippen LogP contribution in [-0.4, -0.2) is 17.7 Å². The van der Waals surface area contributed by atoms with Gasteiger partial charge in [-0.1, -0.05) is 17.7 Å². The van der Waals surface area contributed by atoms with Gasteiger partial charge >= 0.3 is 5.97 Å². The van der Waals surface area contributed by atoms with Gasteiger partial charge in [0.25, 0.3) is 0 Å². The van der Waals surface area contributed by atoms with Crippen molar-refractivity contribution in [3.8, 4) is 5.75 Å². The molecule has 0 spiro atoms. The molecule has 2 rings (SSSR count). The summed E-state index contributed by atoms with van der Waals surface area (Å²) in [7, 11) is 0. The highest BCUT2D eigenvalue weighted by Crippen LogP contribution is 2.40. The lowest BCUT2D eigenvalue weighted by Gasteiger charge is -2.28. The van der Waals surface area contributed by atoms with Crippen LogP contribution in [0.15, 0.2) is 18.2 Å². The van der Waals surface area contributed by atoms with Gasteiger partial charge in [0.05, 0.1) is 6.61 Å². The maximum atomic E-state index is 11.5. The number of hydrogen-bond acceptors (Lipinski definition) is 3. The first-order valence-electron chi connectivity index (χ1n) is 7.24. The van der Waals surface area contributed by atoms with Crippen LogP contribution in [0.3, 0.4) is 0 Å². The Bertz CT molecular complexity index is 465. The van der Waals surface area contributed by atoms with Crippen molar-refractivity contribution < 1.29 is 14.6 Å². The predicted molar refractivity (Wildman–Crippen MR) is 79.1 cm³/mol. The van der Waals surface area contributed by atoms with Crippen LogP contribution in [0.4, 0.5) is 0 Å². The number of hydrogen-bond donors (Lipinski definition) is 1. The average Bonchev–Trinajstić information content (AvgIpc) is 2.40. The van der Waals surface area contributed by atoms with E-state index in [-0.39, 0.29) is 11.7 Å². The summed E-state index contributed by atoms with van der Waals surface area (Å²) in [5.74, 6) is 0.982. The van der Waals surface area contributed by atoms with E-state index in [2.05, 4.69) is 0 Å². The maximum absolute atomic E-state index is 11.5. The molecule has 0 saturated heterocycles. The SMILES string of the molecule is CCOC(=O)CC1CCC(c2ccc(O)cc2Cl)CC1. The molecule has 0 radical (unpaired) electrons. The Kier molecular flexibility index (Phi) is 5.30. The van der Waals surface area contributed by atoms with Crippen LogP contribution in [0.1, 0.15) is 50.5 Å². The molecule has 1 aromatic carbocycles. The van der Waals surface area contributed by atoms with Gasteiger partial charge in [-0.05, 0) is 62.1 Å². The van der Waals surface area contributed by atoms with Crippen LogP contribution >= 0.6 is 11.6 Å². The zero-order chi connectivity index (χ0) is 14.5. The van der Waals surface area contributed by atoms with Crippen molar-refractivity contribution >= 4 is 17.6 Å². The minimum absolute atomic E-state index is 0.0846. The van der Waals surface area contributed by atoms with Gasteiger partial charge < -0.3 is 9.84 Å². The zero-order valence-electron chi connectivity index (χ0n) is 11.8. The van der Waals surface area contributed by atoms with Crippen molar-refractivity contribution in [1.29, 1.82) is 0 Å². The summed E-state index contributed by atoms with van der Waals surface area (Å²) < 4.78 is 5.00. The van der Waals surface area contributed by atoms with E-state index in [9.17, 15) is 9.90 Å². The second kappa shape index (κ2) is 6.98. The first kappa shape index (κ1) is 15.2. The Labute approximate surface area is 124 Å². The number of ether oxygens (including phenoxy) is 1. The van der Waals surface area contributed by atoms with Crippen LogP contribution in [0.25, 0.3) is 0 Å². The van der Waals surface area contributed by atoms with Crippen LogP contribution in [-0.2, 0) is 9.53 Å². The van der Waals surface area contributed by atoms with E-state index in [1.807, 2.05) is 13.0 Å². The molecule has 3 nitrogen and oxygen atoms in total. The van der Waals surface area contributed by atoms with Crippen molar-refractivity contribution in [3.63, 3.8) is 0 Å². The molecule has 0 heterocycles. The van der Waals surface area contributed by atoms with E-state index in [1.54, 1.807) is 12.1 Å². The number of phenols is 1. The Hall–Kier alpha value is -1.22. The predicted octanol–water partition coefficient (Wildman–Crippen LogP) is 4.27. The van der Waals surface area contributed by atoms with Gasteiger partial charge in [-0.15, -0.1) is 0 Å². The van der Waals surface area contributed by atoms with Gasteiger partial charge in [0, 0.05) is 11.4 Å². The van der Waals surface area contributed by atoms with E-state index in [0.29, 0.717) is 29.9 Å². The molecular weight excluding hydrogens is 276 g/mol. The van der Waals surface area contributed by atoms with Crippen molar-refractivity contribution in [1.82, 2.24) is 0 Å². The van der Waals surface area contributed by atoms with Gasteiger partial charge in [0.1, 0.15) is 5.75 Å². The fourth-order valence-corrected chi connectivity index (χ4v) is 3.31. The van der Waals surface area contributed by atoms with Crippen molar-refractivity contribution in [2.24, 2.45) is 5.92 Å². The summed E-state index contributed by atoms with van der Waals surface area (Å²) in [6.07, 6.45) is 4.66. The van der Waals surface area contributed by atoms with Crippen molar-refractivity contribution in [2.45, 2.75) is 44.9 Å². The van der Waals surface area contributed by atoms with Gasteiger partial charge in [-0.3, -0.25) is 4.79 Å². The Morgan fingerprint density at radius 1 is 1.35 bits per heavy atom. The number of carbonyl (C=O) groups is 1. The Balaban J connectivity index is 1.89. The van der Waals surface area contributed by atoms with E-state index < -0.39 is 0 Å². The Morgan fingerprint density at radius 3 is 2.65 bits per heavy atom. The van der Waals surface area contributed by atoms with Gasteiger partial charge in [0.15, 0.2) is 0 Å². The fourth-order valence-electron chi connectivity index (χ4n) is 2.98. The third-order valence-electron chi connectivity index (χ3n) is 4.03. The molecule has 1 aromatic rings. The first-order chi connectivity index (χ1) is 9.60. The van der Waals surface area contributed by atoms with E-state index in [1.165, 1.54) is 0 Å².